The number of nitrogens with two attached hydrogens (primary N) is 1. The molecule has 2 N–H and O–H groups in total. The molecular weight excluding hydrogens is 455 g/mol. The molecule has 0 aliphatic heterocycles. The molecule has 8 nitrogen and oxygen atoms in total. The molecule has 178 valence electrons. The van der Waals surface area contributed by atoms with E-state index >= 15 is 4.39 Å². The molecule has 3 aromatic heterocycles. The number of fused-ring (bicyclic) bond motifs is 1. The lowest BCUT2D eigenvalue weighted by Gasteiger charge is -2.30. The van der Waals surface area contributed by atoms with Crippen LogP contribution in [0.2, 0.25) is 0 Å². The number of hydrogen-bond acceptors (Lipinski definition) is 5. The summed E-state index contributed by atoms with van der Waals surface area (Å²) in [6.07, 6.45) is 7.62. The second kappa shape index (κ2) is 8.28. The number of rotatable bonds is 5. The van der Waals surface area contributed by atoms with Crippen LogP contribution in [0.15, 0.2) is 47.6 Å². The Labute approximate surface area is 197 Å². The van der Waals surface area contributed by atoms with Crippen molar-refractivity contribution in [2.75, 3.05) is 0 Å². The minimum Gasteiger partial charge on any atom is -0.342 e. The SMILES string of the molecule is Cc1nnn(C)c1-c1cnc2c(-c3ccc(S(N)(=O)=O)cc3)cn(CC3(F)CCCCC3)c2c1. The standard InChI is InChI=1S/C24H27FN6O2S/c1-16-23(30(2)29-28-16)18-12-21-22(27-13-18)20(17-6-8-19(9-7-17)34(26,32)33)14-31(21)15-24(25)10-4-3-5-11-24/h6-9,12-14H,3-5,10-11,15H2,1-2H3,(H2,26,32,33). The van der Waals surface area contributed by atoms with Crippen molar-refractivity contribution < 1.29 is 12.8 Å². The van der Waals surface area contributed by atoms with Crippen molar-refractivity contribution in [3.05, 3.63) is 48.4 Å². The summed E-state index contributed by atoms with van der Waals surface area (Å²) in [5, 5.41) is 13.5. The highest BCUT2D eigenvalue weighted by Crippen LogP contribution is 2.37. The van der Waals surface area contributed by atoms with Crippen molar-refractivity contribution in [3.8, 4) is 22.4 Å². The van der Waals surface area contributed by atoms with Gasteiger partial charge in [0.15, 0.2) is 0 Å². The van der Waals surface area contributed by atoms with Crippen molar-refractivity contribution in [2.45, 2.75) is 56.1 Å². The maximum Gasteiger partial charge on any atom is 0.238 e. The third kappa shape index (κ3) is 4.12. The van der Waals surface area contributed by atoms with E-state index in [0.29, 0.717) is 12.8 Å². The molecule has 1 saturated carbocycles. The number of primary sulfonamides is 1. The molecule has 0 bridgehead atoms. The van der Waals surface area contributed by atoms with Crippen molar-refractivity contribution in [1.29, 1.82) is 0 Å². The van der Waals surface area contributed by atoms with E-state index in [1.165, 1.54) is 12.1 Å². The van der Waals surface area contributed by atoms with Gasteiger partial charge in [0.05, 0.1) is 33.9 Å². The maximum absolute atomic E-state index is 15.7. The molecule has 0 atom stereocenters. The van der Waals surface area contributed by atoms with Crippen LogP contribution in [0.4, 0.5) is 4.39 Å². The van der Waals surface area contributed by atoms with Crippen LogP contribution in [-0.4, -0.2) is 38.6 Å². The van der Waals surface area contributed by atoms with E-state index in [2.05, 4.69) is 10.3 Å². The third-order valence-electron chi connectivity index (χ3n) is 6.68. The lowest BCUT2D eigenvalue weighted by atomic mass is 9.86. The average Bonchev–Trinajstić information content (AvgIpc) is 3.32. The largest absolute Gasteiger partial charge is 0.342 e. The van der Waals surface area contributed by atoms with Crippen LogP contribution in [0.5, 0.6) is 0 Å². The fourth-order valence-electron chi connectivity index (χ4n) is 4.97. The molecule has 0 saturated heterocycles. The summed E-state index contributed by atoms with van der Waals surface area (Å²) in [4.78, 5) is 4.79. The molecule has 4 aromatic rings. The molecule has 34 heavy (non-hydrogen) atoms. The van der Waals surface area contributed by atoms with Crippen LogP contribution in [0.3, 0.4) is 0 Å². The van der Waals surface area contributed by atoms with Gasteiger partial charge in [0.25, 0.3) is 0 Å². The summed E-state index contributed by atoms with van der Waals surface area (Å²) >= 11 is 0. The third-order valence-corrected chi connectivity index (χ3v) is 7.61. The molecule has 10 heteroatoms. The van der Waals surface area contributed by atoms with Crippen LogP contribution < -0.4 is 5.14 Å². The number of sulfonamides is 1. The van der Waals surface area contributed by atoms with Gasteiger partial charge in [-0.25, -0.2) is 22.6 Å². The van der Waals surface area contributed by atoms with E-state index in [-0.39, 0.29) is 11.4 Å². The molecule has 1 aromatic carbocycles. The van der Waals surface area contributed by atoms with Gasteiger partial charge in [-0.15, -0.1) is 5.10 Å². The van der Waals surface area contributed by atoms with Gasteiger partial charge in [0, 0.05) is 30.6 Å². The highest BCUT2D eigenvalue weighted by atomic mass is 32.2. The Morgan fingerprint density at radius 2 is 1.82 bits per heavy atom. The molecule has 1 aliphatic rings. The second-order valence-corrected chi connectivity index (χ2v) is 10.8. The number of pyridine rings is 1. The van der Waals surface area contributed by atoms with Gasteiger partial charge in [-0.05, 0) is 43.5 Å². The number of aryl methyl sites for hydroxylation is 2. The lowest BCUT2D eigenvalue weighted by molar-refractivity contribution is 0.0873. The summed E-state index contributed by atoms with van der Waals surface area (Å²) < 4.78 is 42.7. The van der Waals surface area contributed by atoms with Crippen molar-refractivity contribution in [2.24, 2.45) is 12.2 Å². The van der Waals surface area contributed by atoms with E-state index < -0.39 is 15.7 Å². The predicted molar refractivity (Wildman–Crippen MR) is 128 cm³/mol. The molecule has 0 radical (unpaired) electrons. The molecule has 1 fully saturated rings. The minimum absolute atomic E-state index is 0.0410. The predicted octanol–water partition coefficient (Wildman–Crippen LogP) is 4.13. The van der Waals surface area contributed by atoms with E-state index in [9.17, 15) is 8.42 Å². The normalized spacial score (nSPS) is 16.2. The van der Waals surface area contributed by atoms with Gasteiger partial charge in [0.2, 0.25) is 10.0 Å². The van der Waals surface area contributed by atoms with Crippen LogP contribution in [0.1, 0.15) is 37.8 Å². The van der Waals surface area contributed by atoms with Gasteiger partial charge in [-0.1, -0.05) is 36.6 Å². The Morgan fingerprint density at radius 1 is 1.12 bits per heavy atom. The fraction of sp³-hybridized carbons (Fsp3) is 0.375. The van der Waals surface area contributed by atoms with Crippen molar-refractivity contribution in [3.63, 3.8) is 0 Å². The number of hydrogen-bond donors (Lipinski definition) is 1. The molecule has 0 unspecified atom stereocenters. The topological polar surface area (TPSA) is 109 Å². The quantitative estimate of drug-likeness (QED) is 0.460. The highest BCUT2D eigenvalue weighted by Gasteiger charge is 2.33. The van der Waals surface area contributed by atoms with Crippen molar-refractivity contribution in [1.82, 2.24) is 24.5 Å². The molecule has 0 amide bonds. The number of nitrogens with zero attached hydrogens (tertiary/aromatic N) is 5. The Hall–Kier alpha value is -3.11. The van der Waals surface area contributed by atoms with Gasteiger partial charge in [0.1, 0.15) is 5.67 Å². The summed E-state index contributed by atoms with van der Waals surface area (Å²) in [6.45, 7) is 2.13. The Balaban J connectivity index is 1.66. The number of halogens is 1. The highest BCUT2D eigenvalue weighted by molar-refractivity contribution is 7.89. The van der Waals surface area contributed by atoms with Crippen LogP contribution in [0.25, 0.3) is 33.4 Å². The fourth-order valence-corrected chi connectivity index (χ4v) is 5.48. The Morgan fingerprint density at radius 3 is 2.44 bits per heavy atom. The molecule has 3 heterocycles. The zero-order valence-corrected chi connectivity index (χ0v) is 20.0. The first-order valence-electron chi connectivity index (χ1n) is 11.3. The Bertz CT molecular complexity index is 1450. The summed E-state index contributed by atoms with van der Waals surface area (Å²) in [5.74, 6) is 0. The molecule has 0 spiro atoms. The smallest absolute Gasteiger partial charge is 0.238 e. The minimum atomic E-state index is -3.79. The maximum atomic E-state index is 15.7. The summed E-state index contributed by atoms with van der Waals surface area (Å²) in [7, 11) is -1.96. The zero-order valence-electron chi connectivity index (χ0n) is 19.2. The lowest BCUT2D eigenvalue weighted by Crippen LogP contribution is -2.31. The Kier molecular flexibility index (Phi) is 5.52. The zero-order chi connectivity index (χ0) is 24.1. The first kappa shape index (κ1) is 22.7. The van der Waals surface area contributed by atoms with Crippen molar-refractivity contribution >= 4 is 21.1 Å². The average molecular weight is 483 g/mol. The van der Waals surface area contributed by atoms with E-state index in [4.69, 9.17) is 10.1 Å². The van der Waals surface area contributed by atoms with Gasteiger partial charge < -0.3 is 4.57 Å². The van der Waals surface area contributed by atoms with Crippen LogP contribution in [-0.2, 0) is 23.6 Å². The van der Waals surface area contributed by atoms with E-state index in [1.54, 1.807) is 23.0 Å². The molecule has 5 rings (SSSR count). The number of aromatic nitrogens is 5. The number of benzene rings is 1. The van der Waals surface area contributed by atoms with Gasteiger partial charge in [-0.2, -0.15) is 0 Å². The summed E-state index contributed by atoms with van der Waals surface area (Å²) in [5.41, 5.74) is 4.35. The van der Waals surface area contributed by atoms with Crippen LogP contribution >= 0.6 is 0 Å². The van der Waals surface area contributed by atoms with E-state index in [1.807, 2.05) is 30.8 Å². The number of alkyl halides is 1. The molecular formula is C24H27FN6O2S. The first-order chi connectivity index (χ1) is 16.1. The molecule has 1 aliphatic carbocycles. The van der Waals surface area contributed by atoms with Gasteiger partial charge >= 0.3 is 0 Å². The van der Waals surface area contributed by atoms with E-state index in [0.717, 1.165) is 58.4 Å². The monoisotopic (exact) mass is 482 g/mol. The van der Waals surface area contributed by atoms with Crippen LogP contribution in [0, 0.1) is 6.92 Å². The van der Waals surface area contributed by atoms with Gasteiger partial charge in [-0.3, -0.25) is 4.98 Å². The first-order valence-corrected chi connectivity index (χ1v) is 12.9. The summed E-state index contributed by atoms with van der Waals surface area (Å²) in [6, 6.07) is 8.36. The second-order valence-electron chi connectivity index (χ2n) is 9.19.